The van der Waals surface area contributed by atoms with Gasteiger partial charge in [0, 0.05) is 38.5 Å². The van der Waals surface area contributed by atoms with Crippen molar-refractivity contribution in [1.82, 2.24) is 9.80 Å². The van der Waals surface area contributed by atoms with Crippen LogP contribution in [0.15, 0.2) is 0 Å². The highest BCUT2D eigenvalue weighted by atomic mass is 16.2. The first kappa shape index (κ1) is 15.3. The fourth-order valence-electron chi connectivity index (χ4n) is 3.40. The predicted molar refractivity (Wildman–Crippen MR) is 79.2 cm³/mol. The fraction of sp³-hybridized carbons (Fsp3) is 0.875. The fourth-order valence-corrected chi connectivity index (χ4v) is 3.40. The zero-order valence-electron chi connectivity index (χ0n) is 13.2. The second kappa shape index (κ2) is 6.15. The second-order valence-corrected chi connectivity index (χ2v) is 7.38. The van der Waals surface area contributed by atoms with E-state index in [1.54, 1.807) is 0 Å². The third kappa shape index (κ3) is 3.97. The van der Waals surface area contributed by atoms with Crippen LogP contribution < -0.4 is 0 Å². The molecule has 0 bridgehead atoms. The molecule has 0 spiro atoms. The molecule has 0 N–H and O–H groups in total. The first-order chi connectivity index (χ1) is 9.37. The molecule has 4 nitrogen and oxygen atoms in total. The molecule has 2 heterocycles. The molecule has 0 radical (unpaired) electrons. The number of nitrogens with zero attached hydrogens (tertiary/aromatic N) is 2. The lowest BCUT2D eigenvalue weighted by molar-refractivity contribution is -0.133. The topological polar surface area (TPSA) is 40.6 Å². The van der Waals surface area contributed by atoms with E-state index in [4.69, 9.17) is 0 Å². The van der Waals surface area contributed by atoms with Crippen LogP contribution in [-0.4, -0.2) is 47.3 Å². The molecule has 1 unspecified atom stereocenters. The van der Waals surface area contributed by atoms with Gasteiger partial charge in [0.25, 0.3) is 0 Å². The van der Waals surface area contributed by atoms with Crippen molar-refractivity contribution in [2.75, 3.05) is 19.6 Å². The molecule has 2 amide bonds. The summed E-state index contributed by atoms with van der Waals surface area (Å²) in [6.07, 6.45) is 5.42. The van der Waals surface area contributed by atoms with Gasteiger partial charge in [-0.2, -0.15) is 0 Å². The van der Waals surface area contributed by atoms with Crippen LogP contribution in [0.3, 0.4) is 0 Å². The predicted octanol–water partition coefficient (Wildman–Crippen LogP) is 2.43. The van der Waals surface area contributed by atoms with Crippen LogP contribution in [0.4, 0.5) is 0 Å². The molecular weight excluding hydrogens is 252 g/mol. The van der Waals surface area contributed by atoms with Gasteiger partial charge in [0.15, 0.2) is 0 Å². The van der Waals surface area contributed by atoms with Crippen LogP contribution in [0.2, 0.25) is 0 Å². The molecular formula is C16H28N2O2. The van der Waals surface area contributed by atoms with Gasteiger partial charge in [-0.05, 0) is 31.1 Å². The summed E-state index contributed by atoms with van der Waals surface area (Å²) in [5, 5.41) is 0. The molecule has 1 atom stereocenters. The van der Waals surface area contributed by atoms with Gasteiger partial charge in [-0.3, -0.25) is 9.59 Å². The van der Waals surface area contributed by atoms with E-state index in [0.29, 0.717) is 25.4 Å². The van der Waals surface area contributed by atoms with Crippen LogP contribution >= 0.6 is 0 Å². The average molecular weight is 280 g/mol. The maximum absolute atomic E-state index is 12.4. The summed E-state index contributed by atoms with van der Waals surface area (Å²) in [4.78, 5) is 27.9. The summed E-state index contributed by atoms with van der Waals surface area (Å²) in [5.41, 5.74) is 0.262. The van der Waals surface area contributed by atoms with E-state index in [-0.39, 0.29) is 17.2 Å². The lowest BCUT2D eigenvalue weighted by Gasteiger charge is -2.31. The maximum Gasteiger partial charge on any atom is 0.224 e. The molecule has 2 saturated heterocycles. The molecule has 114 valence electrons. The van der Waals surface area contributed by atoms with Gasteiger partial charge in [-0.15, -0.1) is 0 Å². The highest BCUT2D eigenvalue weighted by Gasteiger charge is 2.32. The van der Waals surface area contributed by atoms with E-state index >= 15 is 0 Å². The van der Waals surface area contributed by atoms with Gasteiger partial charge in [0.1, 0.15) is 0 Å². The Labute approximate surface area is 122 Å². The number of carbonyl (C=O) groups is 2. The summed E-state index contributed by atoms with van der Waals surface area (Å²) in [5.74, 6) is 0.446. The zero-order valence-corrected chi connectivity index (χ0v) is 13.2. The summed E-state index contributed by atoms with van der Waals surface area (Å²) >= 11 is 0. The Kier molecular flexibility index (Phi) is 4.71. The van der Waals surface area contributed by atoms with Gasteiger partial charge in [0.2, 0.25) is 11.8 Å². The van der Waals surface area contributed by atoms with E-state index < -0.39 is 0 Å². The molecule has 2 aliphatic heterocycles. The van der Waals surface area contributed by atoms with Crippen molar-refractivity contribution in [3.05, 3.63) is 0 Å². The Morgan fingerprint density at radius 3 is 2.60 bits per heavy atom. The average Bonchev–Trinajstić information content (AvgIpc) is 2.93. The third-order valence-corrected chi connectivity index (χ3v) is 4.31. The summed E-state index contributed by atoms with van der Waals surface area (Å²) < 4.78 is 0. The Morgan fingerprint density at radius 1 is 1.25 bits per heavy atom. The van der Waals surface area contributed by atoms with Crippen molar-refractivity contribution in [2.45, 2.75) is 65.3 Å². The standard InChI is InChI=1S/C16H28N2O2/c1-16(2,3)12-13-6-4-10-18(13)15(20)8-11-17-9-5-7-14(17)19/h13H,4-12H2,1-3H3. The first-order valence-electron chi connectivity index (χ1n) is 7.94. The maximum atomic E-state index is 12.4. The third-order valence-electron chi connectivity index (χ3n) is 4.31. The number of hydrogen-bond donors (Lipinski definition) is 0. The zero-order chi connectivity index (χ0) is 14.8. The van der Waals surface area contributed by atoms with Gasteiger partial charge in [0.05, 0.1) is 0 Å². The van der Waals surface area contributed by atoms with Crippen LogP contribution in [0, 0.1) is 5.41 Å². The lowest BCUT2D eigenvalue weighted by atomic mass is 9.87. The number of amides is 2. The van der Waals surface area contributed by atoms with Crippen molar-refractivity contribution in [3.8, 4) is 0 Å². The Morgan fingerprint density at radius 2 is 2.00 bits per heavy atom. The number of likely N-dealkylation sites (tertiary alicyclic amines) is 2. The number of carbonyl (C=O) groups excluding carboxylic acids is 2. The van der Waals surface area contributed by atoms with Gasteiger partial charge in [-0.1, -0.05) is 20.8 Å². The van der Waals surface area contributed by atoms with Crippen molar-refractivity contribution >= 4 is 11.8 Å². The first-order valence-corrected chi connectivity index (χ1v) is 7.94. The molecule has 2 aliphatic rings. The van der Waals surface area contributed by atoms with E-state index in [0.717, 1.165) is 38.8 Å². The number of hydrogen-bond acceptors (Lipinski definition) is 2. The van der Waals surface area contributed by atoms with Crippen molar-refractivity contribution in [2.24, 2.45) is 5.41 Å². The SMILES string of the molecule is CC(C)(C)CC1CCCN1C(=O)CCN1CCCC1=O. The molecule has 0 aromatic carbocycles. The van der Waals surface area contributed by atoms with Crippen LogP contribution in [0.5, 0.6) is 0 Å². The minimum Gasteiger partial charge on any atom is -0.342 e. The molecule has 0 aliphatic carbocycles. The largest absolute Gasteiger partial charge is 0.342 e. The summed E-state index contributed by atoms with van der Waals surface area (Å²) in [6.45, 7) is 9.03. The smallest absolute Gasteiger partial charge is 0.224 e. The molecule has 2 fully saturated rings. The van der Waals surface area contributed by atoms with Crippen LogP contribution in [0.25, 0.3) is 0 Å². The van der Waals surface area contributed by atoms with Gasteiger partial charge >= 0.3 is 0 Å². The molecule has 20 heavy (non-hydrogen) atoms. The molecule has 0 saturated carbocycles. The van der Waals surface area contributed by atoms with Crippen molar-refractivity contribution in [3.63, 3.8) is 0 Å². The monoisotopic (exact) mass is 280 g/mol. The molecule has 2 rings (SSSR count). The lowest BCUT2D eigenvalue weighted by Crippen LogP contribution is -2.39. The quantitative estimate of drug-likeness (QED) is 0.793. The van der Waals surface area contributed by atoms with Crippen LogP contribution in [-0.2, 0) is 9.59 Å². The highest BCUT2D eigenvalue weighted by Crippen LogP contribution is 2.30. The van der Waals surface area contributed by atoms with E-state index in [1.807, 2.05) is 4.90 Å². The Balaban J connectivity index is 1.83. The Hall–Kier alpha value is -1.06. The van der Waals surface area contributed by atoms with Gasteiger partial charge < -0.3 is 9.80 Å². The van der Waals surface area contributed by atoms with E-state index in [1.165, 1.54) is 0 Å². The normalized spacial score (nSPS) is 23.8. The minimum atomic E-state index is 0.213. The second-order valence-electron chi connectivity index (χ2n) is 7.38. The van der Waals surface area contributed by atoms with Crippen LogP contribution in [0.1, 0.15) is 59.3 Å². The van der Waals surface area contributed by atoms with Gasteiger partial charge in [-0.25, -0.2) is 0 Å². The van der Waals surface area contributed by atoms with Crippen molar-refractivity contribution in [1.29, 1.82) is 0 Å². The minimum absolute atomic E-state index is 0.213. The van der Waals surface area contributed by atoms with Crippen molar-refractivity contribution < 1.29 is 9.59 Å². The van der Waals surface area contributed by atoms with E-state index in [9.17, 15) is 9.59 Å². The summed E-state index contributed by atoms with van der Waals surface area (Å²) in [7, 11) is 0. The molecule has 4 heteroatoms. The summed E-state index contributed by atoms with van der Waals surface area (Å²) in [6, 6.07) is 0.400. The highest BCUT2D eigenvalue weighted by molar-refractivity contribution is 5.80. The van der Waals surface area contributed by atoms with E-state index in [2.05, 4.69) is 25.7 Å². The Bertz CT molecular complexity index is 373. The molecule has 0 aromatic heterocycles. The number of rotatable bonds is 4. The molecule has 0 aromatic rings.